The van der Waals surface area contributed by atoms with Crippen molar-refractivity contribution >= 4 is 22.8 Å². The zero-order valence-corrected chi connectivity index (χ0v) is 13.8. The van der Waals surface area contributed by atoms with E-state index in [1.54, 1.807) is 15.9 Å². The molecule has 0 fully saturated rings. The van der Waals surface area contributed by atoms with Gasteiger partial charge in [0.2, 0.25) is 0 Å². The molecule has 0 aliphatic heterocycles. The molecule has 5 nitrogen and oxygen atoms in total. The van der Waals surface area contributed by atoms with Gasteiger partial charge in [0.1, 0.15) is 5.82 Å². The van der Waals surface area contributed by atoms with Crippen LogP contribution in [-0.4, -0.2) is 27.7 Å². The molecular formula is C18H17N5S. The van der Waals surface area contributed by atoms with E-state index in [2.05, 4.69) is 51.8 Å². The summed E-state index contributed by atoms with van der Waals surface area (Å²) >= 11 is 1.75. The summed E-state index contributed by atoms with van der Waals surface area (Å²) in [6.45, 7) is 1.27. The van der Waals surface area contributed by atoms with Crippen molar-refractivity contribution in [3.05, 3.63) is 60.9 Å². The maximum Gasteiger partial charge on any atom is 0.165 e. The Kier molecular flexibility index (Phi) is 3.98. The van der Waals surface area contributed by atoms with E-state index < -0.39 is 0 Å². The lowest BCUT2D eigenvalue weighted by Crippen LogP contribution is -2.14. The number of aromatic nitrogens is 3. The van der Waals surface area contributed by atoms with Gasteiger partial charge in [-0.15, -0.1) is 11.3 Å². The Bertz CT molecular complexity index is 958. The van der Waals surface area contributed by atoms with Crippen LogP contribution in [0.5, 0.6) is 0 Å². The topological polar surface area (TPSA) is 68.2 Å². The van der Waals surface area contributed by atoms with Crippen LogP contribution in [0.4, 0.5) is 5.82 Å². The molecule has 120 valence electrons. The average Bonchev–Trinajstić information content (AvgIpc) is 3.27. The number of fused-ring (bicyclic) bond motifs is 1. The van der Waals surface area contributed by atoms with E-state index in [4.69, 9.17) is 5.73 Å². The number of thiophene rings is 1. The molecule has 4 rings (SSSR count). The Labute approximate surface area is 143 Å². The lowest BCUT2D eigenvalue weighted by Gasteiger charge is -2.04. The molecule has 0 saturated carbocycles. The number of rotatable bonds is 5. The number of nitrogens with one attached hydrogen (secondary N) is 1. The van der Waals surface area contributed by atoms with Gasteiger partial charge < -0.3 is 11.1 Å². The van der Waals surface area contributed by atoms with E-state index in [-0.39, 0.29) is 0 Å². The van der Waals surface area contributed by atoms with E-state index in [1.165, 1.54) is 10.4 Å². The van der Waals surface area contributed by atoms with Crippen LogP contribution in [0.3, 0.4) is 0 Å². The first kappa shape index (κ1) is 14.9. The summed E-state index contributed by atoms with van der Waals surface area (Å²) in [4.78, 5) is 7.07. The van der Waals surface area contributed by atoms with Crippen LogP contribution in [0.2, 0.25) is 0 Å². The summed E-state index contributed by atoms with van der Waals surface area (Å²) < 4.78 is 1.80. The normalized spacial score (nSPS) is 11.0. The molecule has 3 N–H and O–H groups in total. The van der Waals surface area contributed by atoms with Crippen LogP contribution in [0.25, 0.3) is 26.5 Å². The summed E-state index contributed by atoms with van der Waals surface area (Å²) in [5.74, 6) is 0.814. The van der Waals surface area contributed by atoms with E-state index in [9.17, 15) is 0 Å². The first-order chi connectivity index (χ1) is 11.8. The summed E-state index contributed by atoms with van der Waals surface area (Å²) in [5.41, 5.74) is 8.65. The fraction of sp³-hybridized carbons (Fsp3) is 0.111. The fourth-order valence-corrected chi connectivity index (χ4v) is 3.60. The smallest absolute Gasteiger partial charge is 0.165 e. The number of benzene rings is 1. The van der Waals surface area contributed by atoms with Crippen molar-refractivity contribution in [1.29, 1.82) is 0 Å². The van der Waals surface area contributed by atoms with Crippen molar-refractivity contribution in [2.75, 3.05) is 18.4 Å². The van der Waals surface area contributed by atoms with Crippen molar-refractivity contribution in [3.8, 4) is 20.9 Å². The van der Waals surface area contributed by atoms with Crippen LogP contribution >= 0.6 is 11.3 Å². The first-order valence-corrected chi connectivity index (χ1v) is 8.61. The van der Waals surface area contributed by atoms with Gasteiger partial charge in [-0.25, -0.2) is 9.50 Å². The van der Waals surface area contributed by atoms with Crippen molar-refractivity contribution in [3.63, 3.8) is 0 Å². The minimum Gasteiger partial charge on any atom is -0.369 e. The molecule has 3 heterocycles. The van der Waals surface area contributed by atoms with Crippen LogP contribution in [0, 0.1) is 0 Å². The van der Waals surface area contributed by atoms with Gasteiger partial charge in [-0.1, -0.05) is 30.3 Å². The second-order valence-corrected chi connectivity index (χ2v) is 6.47. The van der Waals surface area contributed by atoms with Gasteiger partial charge >= 0.3 is 0 Å². The standard InChI is InChI=1S/C18H17N5S/c19-9-10-20-17-8-11-23-18(22-17)14(12-21-23)16-7-6-15(24-16)13-4-2-1-3-5-13/h1-8,11-12H,9-10,19H2,(H,20,22). The summed E-state index contributed by atoms with van der Waals surface area (Å²) in [5, 5.41) is 7.62. The Morgan fingerprint density at radius 2 is 1.88 bits per heavy atom. The molecule has 1 aromatic carbocycles. The molecule has 0 spiro atoms. The molecule has 3 aromatic heterocycles. The third kappa shape index (κ3) is 2.77. The van der Waals surface area contributed by atoms with Gasteiger partial charge in [-0.2, -0.15) is 5.10 Å². The summed E-state index contributed by atoms with van der Waals surface area (Å²) in [6.07, 6.45) is 3.78. The molecule has 4 aromatic rings. The summed E-state index contributed by atoms with van der Waals surface area (Å²) in [6, 6.07) is 16.6. The predicted molar refractivity (Wildman–Crippen MR) is 99.3 cm³/mol. The van der Waals surface area contributed by atoms with Gasteiger partial charge in [0, 0.05) is 29.0 Å². The Morgan fingerprint density at radius 3 is 2.71 bits per heavy atom. The zero-order valence-electron chi connectivity index (χ0n) is 13.0. The van der Waals surface area contributed by atoms with E-state index in [0.717, 1.165) is 21.9 Å². The maximum atomic E-state index is 5.54. The van der Waals surface area contributed by atoms with E-state index >= 15 is 0 Å². The van der Waals surface area contributed by atoms with Crippen molar-refractivity contribution < 1.29 is 0 Å². The van der Waals surface area contributed by atoms with Crippen LogP contribution in [-0.2, 0) is 0 Å². The molecule has 6 heteroatoms. The highest BCUT2D eigenvalue weighted by molar-refractivity contribution is 7.18. The van der Waals surface area contributed by atoms with Crippen LogP contribution in [0.1, 0.15) is 0 Å². The Morgan fingerprint density at radius 1 is 1.04 bits per heavy atom. The molecule has 24 heavy (non-hydrogen) atoms. The Balaban J connectivity index is 1.72. The highest BCUT2D eigenvalue weighted by atomic mass is 32.1. The SMILES string of the molecule is NCCNc1ccn2ncc(-c3ccc(-c4ccccc4)s3)c2n1. The minimum atomic E-state index is 0.574. The predicted octanol–water partition coefficient (Wildman–Crippen LogP) is 3.50. The lowest BCUT2D eigenvalue weighted by atomic mass is 10.2. The van der Waals surface area contributed by atoms with E-state index in [1.807, 2.05) is 24.5 Å². The van der Waals surface area contributed by atoms with Crippen LogP contribution < -0.4 is 11.1 Å². The minimum absolute atomic E-state index is 0.574. The number of hydrogen-bond acceptors (Lipinski definition) is 5. The highest BCUT2D eigenvalue weighted by Crippen LogP contribution is 2.35. The second-order valence-electron chi connectivity index (χ2n) is 5.38. The molecule has 0 bridgehead atoms. The van der Waals surface area contributed by atoms with Gasteiger partial charge in [0.15, 0.2) is 5.65 Å². The van der Waals surface area contributed by atoms with Gasteiger partial charge in [0.05, 0.1) is 11.8 Å². The highest BCUT2D eigenvalue weighted by Gasteiger charge is 2.12. The molecule has 0 amide bonds. The van der Waals surface area contributed by atoms with Crippen molar-refractivity contribution in [1.82, 2.24) is 14.6 Å². The first-order valence-electron chi connectivity index (χ1n) is 7.79. The lowest BCUT2D eigenvalue weighted by molar-refractivity contribution is 0.933. The molecule has 0 aliphatic rings. The number of hydrogen-bond donors (Lipinski definition) is 2. The monoisotopic (exact) mass is 335 g/mol. The Hall–Kier alpha value is -2.70. The number of anilines is 1. The fourth-order valence-electron chi connectivity index (χ4n) is 2.58. The third-order valence-corrected chi connectivity index (χ3v) is 4.92. The number of nitrogens with zero attached hydrogens (tertiary/aromatic N) is 3. The average molecular weight is 335 g/mol. The molecule has 0 unspecified atom stereocenters. The largest absolute Gasteiger partial charge is 0.369 e. The van der Waals surface area contributed by atoms with Gasteiger partial charge in [-0.05, 0) is 23.8 Å². The van der Waals surface area contributed by atoms with Crippen LogP contribution in [0.15, 0.2) is 60.9 Å². The molecular weight excluding hydrogens is 318 g/mol. The van der Waals surface area contributed by atoms with Crippen molar-refractivity contribution in [2.24, 2.45) is 5.73 Å². The van der Waals surface area contributed by atoms with Crippen molar-refractivity contribution in [2.45, 2.75) is 0 Å². The molecule has 0 radical (unpaired) electrons. The van der Waals surface area contributed by atoms with Gasteiger partial charge in [0.25, 0.3) is 0 Å². The molecule has 0 atom stereocenters. The van der Waals surface area contributed by atoms with Gasteiger partial charge in [-0.3, -0.25) is 0 Å². The van der Waals surface area contributed by atoms with E-state index in [0.29, 0.717) is 13.1 Å². The molecule has 0 saturated heterocycles. The zero-order chi connectivity index (χ0) is 16.4. The number of nitrogens with two attached hydrogens (primary N) is 1. The maximum absolute atomic E-state index is 5.54. The second kappa shape index (κ2) is 6.43. The molecule has 0 aliphatic carbocycles. The third-order valence-electron chi connectivity index (χ3n) is 3.75. The summed E-state index contributed by atoms with van der Waals surface area (Å²) in [7, 11) is 0. The quantitative estimate of drug-likeness (QED) is 0.586.